The lowest BCUT2D eigenvalue weighted by atomic mass is 9.89. The van der Waals surface area contributed by atoms with Gasteiger partial charge >= 0.3 is 0 Å². The van der Waals surface area contributed by atoms with Crippen LogP contribution in [-0.2, 0) is 22.3 Å². The summed E-state index contributed by atoms with van der Waals surface area (Å²) >= 11 is 0. The van der Waals surface area contributed by atoms with Crippen molar-refractivity contribution in [3.05, 3.63) is 58.1 Å². The van der Waals surface area contributed by atoms with E-state index in [-0.39, 0.29) is 59.4 Å². The normalized spacial score (nSPS) is 27.5. The molecule has 232 valence electrons. The average Bonchev–Trinajstić information content (AvgIpc) is 2.97. The van der Waals surface area contributed by atoms with E-state index >= 15 is 8.78 Å². The number of halogens is 2. The van der Waals surface area contributed by atoms with Gasteiger partial charge in [-0.15, -0.1) is 0 Å². The van der Waals surface area contributed by atoms with E-state index in [0.717, 1.165) is 32.2 Å². The zero-order chi connectivity index (χ0) is 32.7. The lowest BCUT2D eigenvalue weighted by Gasteiger charge is -2.41. The molecule has 4 aliphatic heterocycles. The van der Waals surface area contributed by atoms with Crippen molar-refractivity contribution in [3.63, 3.8) is 0 Å². The number of pyridine rings is 1. The van der Waals surface area contributed by atoms with Gasteiger partial charge in [0.15, 0.2) is 9.84 Å². The monoisotopic (exact) mass is 617 g/mol. The highest BCUT2D eigenvalue weighted by atomic mass is 32.2. The Balaban J connectivity index is 1.44. The molecule has 0 unspecified atom stereocenters. The Bertz CT molecular complexity index is 1730. The molecule has 7 rings (SSSR count). The molecule has 4 aliphatic rings. The van der Waals surface area contributed by atoms with Crippen molar-refractivity contribution >= 4 is 32.4 Å². The van der Waals surface area contributed by atoms with Crippen molar-refractivity contribution in [1.82, 2.24) is 19.4 Å². The van der Waals surface area contributed by atoms with Crippen molar-refractivity contribution in [2.24, 2.45) is 5.92 Å². The largest absolute Gasteiger partial charge is 0.365 e. The van der Waals surface area contributed by atoms with Crippen LogP contribution in [0.15, 0.2) is 41.5 Å². The summed E-state index contributed by atoms with van der Waals surface area (Å²) in [6.45, 7) is 0.141. The average molecular weight is 618 g/mol. The Hall–Kier alpha value is -3.12. The fourth-order valence-electron chi connectivity index (χ4n) is 6.44. The summed E-state index contributed by atoms with van der Waals surface area (Å²) in [7, 11) is -3.21. The first-order chi connectivity index (χ1) is 21.8. The molecule has 43 heavy (non-hydrogen) atoms. The number of aromatic nitrogens is 3. The van der Waals surface area contributed by atoms with Crippen LogP contribution in [0.4, 0.5) is 20.3 Å². The van der Waals surface area contributed by atoms with Gasteiger partial charge in [-0.05, 0) is 49.9 Å². The van der Waals surface area contributed by atoms with Gasteiger partial charge < -0.3 is 15.1 Å². The van der Waals surface area contributed by atoms with Gasteiger partial charge in [0.05, 0.1) is 16.9 Å². The van der Waals surface area contributed by atoms with Crippen LogP contribution >= 0.6 is 0 Å². The number of anilines is 2. The van der Waals surface area contributed by atoms with Crippen molar-refractivity contribution in [1.29, 1.82) is 0 Å². The maximum Gasteiger partial charge on any atom is 0.275 e. The van der Waals surface area contributed by atoms with Gasteiger partial charge in [0, 0.05) is 54.9 Å². The molecule has 1 atom stereocenters. The van der Waals surface area contributed by atoms with Gasteiger partial charge in [0.1, 0.15) is 23.5 Å². The second-order valence-corrected chi connectivity index (χ2v) is 14.4. The molecule has 0 aliphatic carbocycles. The van der Waals surface area contributed by atoms with E-state index in [4.69, 9.17) is 4.11 Å². The van der Waals surface area contributed by atoms with Crippen LogP contribution < -0.4 is 15.8 Å². The van der Waals surface area contributed by atoms with Gasteiger partial charge in [0.25, 0.3) is 11.5 Å². The molecular weight excluding hydrogens is 574 g/mol. The predicted octanol–water partition coefficient (Wildman–Crippen LogP) is 4.58. The van der Waals surface area contributed by atoms with Crippen molar-refractivity contribution in [3.8, 4) is 0 Å². The zero-order valence-corrected chi connectivity index (χ0v) is 25.0. The highest BCUT2D eigenvalue weighted by Crippen LogP contribution is 2.39. The molecule has 12 heteroatoms. The summed E-state index contributed by atoms with van der Waals surface area (Å²) in [4.78, 5) is 26.6. The number of fused-ring (bicyclic) bond motifs is 8. The SMILES string of the molecule is [2H]C([2H])([2H])[C@H]1Nc2ncnc3c2cc(N2CCS(=O)(=O)CC2)c(=O)n3CCCCCCCN2CC(C2)CC(F)(F)c2cccc1c2. The molecule has 9 nitrogen and oxygen atoms in total. The predicted molar refractivity (Wildman–Crippen MR) is 165 cm³/mol. The summed E-state index contributed by atoms with van der Waals surface area (Å²) < 4.78 is 82.1. The maximum absolute atomic E-state index is 15.6. The van der Waals surface area contributed by atoms with Gasteiger partial charge in [-0.1, -0.05) is 37.5 Å². The smallest absolute Gasteiger partial charge is 0.275 e. The van der Waals surface area contributed by atoms with E-state index in [9.17, 15) is 13.2 Å². The molecule has 3 aromatic rings. The van der Waals surface area contributed by atoms with E-state index in [2.05, 4.69) is 20.2 Å². The Morgan fingerprint density at radius 2 is 1.74 bits per heavy atom. The fourth-order valence-corrected chi connectivity index (χ4v) is 7.64. The van der Waals surface area contributed by atoms with E-state index in [1.807, 2.05) is 0 Å². The van der Waals surface area contributed by atoms with Crippen LogP contribution in [0.2, 0.25) is 0 Å². The number of hydrogen-bond donors (Lipinski definition) is 1. The second kappa shape index (κ2) is 12.1. The van der Waals surface area contributed by atoms with Crippen molar-refractivity contribution in [2.75, 3.05) is 54.4 Å². The molecule has 0 spiro atoms. The van der Waals surface area contributed by atoms with Crippen LogP contribution in [-0.4, -0.2) is 72.1 Å². The summed E-state index contributed by atoms with van der Waals surface area (Å²) in [5.74, 6) is -3.28. The first-order valence-electron chi connectivity index (χ1n) is 16.6. The molecule has 2 saturated heterocycles. The van der Waals surface area contributed by atoms with E-state index in [1.165, 1.54) is 30.6 Å². The van der Waals surface area contributed by atoms with Crippen LogP contribution in [0.1, 0.15) is 66.7 Å². The van der Waals surface area contributed by atoms with Crippen LogP contribution in [0.3, 0.4) is 0 Å². The molecular formula is C31H40F2N6O3S. The Morgan fingerprint density at radius 3 is 2.51 bits per heavy atom. The standard InChI is InChI=1S/C31H40F2N6O3S/c1-22-24-8-7-9-25(16-24)31(32,33)18-23-19-37(20-23)10-5-3-2-4-6-11-39-29-26(28(36-22)34-21-35-29)17-27(30(39)40)38-12-14-43(41,42)15-13-38/h7-9,16-17,21-23H,2-6,10-15,18-20H2,1H3,(H,34,35,36)/t22-/m1/s1/i1D3. The second-order valence-electron chi connectivity index (χ2n) is 12.1. The quantitative estimate of drug-likeness (QED) is 0.424. The number of sulfone groups is 1. The Kier molecular flexibility index (Phi) is 7.40. The molecule has 8 bridgehead atoms. The molecule has 2 fully saturated rings. The lowest BCUT2D eigenvalue weighted by molar-refractivity contribution is -0.0568. The van der Waals surface area contributed by atoms with Crippen molar-refractivity contribution < 1.29 is 21.3 Å². The van der Waals surface area contributed by atoms with E-state index in [1.54, 1.807) is 15.5 Å². The number of benzene rings is 1. The summed E-state index contributed by atoms with van der Waals surface area (Å²) in [5, 5.41) is 3.40. The minimum atomic E-state index is -3.21. The number of hydrogen-bond acceptors (Lipinski definition) is 8. The van der Waals surface area contributed by atoms with E-state index < -0.39 is 28.7 Å². The lowest BCUT2D eigenvalue weighted by Crippen LogP contribution is -2.48. The van der Waals surface area contributed by atoms with Crippen molar-refractivity contribution in [2.45, 2.75) is 63.9 Å². The Morgan fingerprint density at radius 1 is 1.00 bits per heavy atom. The molecule has 0 radical (unpaired) electrons. The van der Waals surface area contributed by atoms with Gasteiger partial charge in [-0.3, -0.25) is 9.36 Å². The van der Waals surface area contributed by atoms with Gasteiger partial charge in [0.2, 0.25) is 0 Å². The maximum atomic E-state index is 15.6. The molecule has 0 amide bonds. The number of nitrogens with one attached hydrogen (secondary N) is 1. The number of nitrogens with zero attached hydrogens (tertiary/aromatic N) is 5. The summed E-state index contributed by atoms with van der Waals surface area (Å²) in [5.41, 5.74) is 0.246. The highest BCUT2D eigenvalue weighted by molar-refractivity contribution is 7.91. The minimum absolute atomic E-state index is 0.0822. The third kappa shape index (κ3) is 6.55. The topological polar surface area (TPSA) is 100 Å². The molecule has 6 heterocycles. The first kappa shape index (κ1) is 26.3. The summed E-state index contributed by atoms with van der Waals surface area (Å²) in [6, 6.07) is 5.78. The minimum Gasteiger partial charge on any atom is -0.365 e. The van der Waals surface area contributed by atoms with Crippen LogP contribution in [0.25, 0.3) is 11.0 Å². The molecule has 1 N–H and O–H groups in total. The molecule has 1 aromatic carbocycles. The van der Waals surface area contributed by atoms with E-state index in [0.29, 0.717) is 42.8 Å². The zero-order valence-electron chi connectivity index (χ0n) is 27.1. The summed E-state index contributed by atoms with van der Waals surface area (Å²) in [6.07, 6.45) is 5.48. The molecule has 0 saturated carbocycles. The van der Waals surface area contributed by atoms with Gasteiger partial charge in [-0.2, -0.15) is 0 Å². The number of aryl methyl sites for hydroxylation is 1. The molecule has 2 aromatic heterocycles. The number of alkyl halides is 2. The third-order valence-corrected chi connectivity index (χ3v) is 10.5. The fraction of sp³-hybridized carbons (Fsp3) is 0.581. The van der Waals surface area contributed by atoms with Crippen LogP contribution in [0.5, 0.6) is 0 Å². The number of rotatable bonds is 1. The first-order valence-corrected chi connectivity index (χ1v) is 16.9. The van der Waals surface area contributed by atoms with Crippen LogP contribution in [0, 0.1) is 5.92 Å². The highest BCUT2D eigenvalue weighted by Gasteiger charge is 2.39. The third-order valence-electron chi connectivity index (χ3n) is 8.91. The van der Waals surface area contributed by atoms with Gasteiger partial charge in [-0.25, -0.2) is 27.2 Å². The Labute approximate surface area is 255 Å².